The van der Waals surface area contributed by atoms with E-state index in [1.54, 1.807) is 0 Å². The maximum Gasteiger partial charge on any atom is 0.224 e. The predicted octanol–water partition coefficient (Wildman–Crippen LogP) is 0.961. The van der Waals surface area contributed by atoms with Crippen LogP contribution in [0.1, 0.15) is 33.1 Å². The van der Waals surface area contributed by atoms with Crippen LogP contribution in [0.5, 0.6) is 0 Å². The highest BCUT2D eigenvalue weighted by atomic mass is 16.1. The van der Waals surface area contributed by atoms with Gasteiger partial charge in [-0.1, -0.05) is 0 Å². The third-order valence-corrected chi connectivity index (χ3v) is 2.73. The highest BCUT2D eigenvalue weighted by Crippen LogP contribution is 2.20. The van der Waals surface area contributed by atoms with Gasteiger partial charge in [-0.2, -0.15) is 0 Å². The molecule has 14 heavy (non-hydrogen) atoms. The number of carbonyl (C=O) groups is 1. The van der Waals surface area contributed by atoms with Crippen molar-refractivity contribution in [2.45, 2.75) is 33.1 Å². The number of amidine groups is 1. The van der Waals surface area contributed by atoms with E-state index in [0.29, 0.717) is 12.4 Å². The number of likely N-dealkylation sites (tertiary alicyclic amines) is 1. The van der Waals surface area contributed by atoms with E-state index >= 15 is 0 Å². The summed E-state index contributed by atoms with van der Waals surface area (Å²) in [6.07, 6.45) is 3.03. The maximum absolute atomic E-state index is 11.1. The van der Waals surface area contributed by atoms with Crippen LogP contribution in [0.3, 0.4) is 0 Å². The molecule has 1 rings (SSSR count). The predicted molar refractivity (Wildman–Crippen MR) is 56.1 cm³/mol. The highest BCUT2D eigenvalue weighted by molar-refractivity contribution is 5.83. The monoisotopic (exact) mass is 197 g/mol. The number of rotatable bonds is 3. The van der Waals surface area contributed by atoms with Gasteiger partial charge in [0.1, 0.15) is 0 Å². The van der Waals surface area contributed by atoms with Crippen molar-refractivity contribution >= 4 is 11.7 Å². The second kappa shape index (κ2) is 3.98. The van der Waals surface area contributed by atoms with Crippen molar-refractivity contribution < 1.29 is 4.79 Å². The van der Waals surface area contributed by atoms with Gasteiger partial charge < -0.3 is 10.6 Å². The van der Waals surface area contributed by atoms with Gasteiger partial charge >= 0.3 is 0 Å². The molecule has 1 heterocycles. The molecule has 0 saturated carbocycles. The molecule has 1 aliphatic rings. The smallest absolute Gasteiger partial charge is 0.224 e. The van der Waals surface area contributed by atoms with E-state index in [4.69, 9.17) is 11.1 Å². The summed E-state index contributed by atoms with van der Waals surface area (Å²) in [7, 11) is 0. The first-order valence-corrected chi connectivity index (χ1v) is 5.06. The molecule has 0 atom stereocenters. The number of hydrogen-bond donors (Lipinski definition) is 2. The minimum Gasteiger partial charge on any atom is -0.369 e. The molecule has 80 valence electrons. The van der Waals surface area contributed by atoms with E-state index in [-0.39, 0.29) is 5.91 Å². The Morgan fingerprint density at radius 3 is 2.71 bits per heavy atom. The first kappa shape index (κ1) is 11.0. The normalized spacial score (nSPS) is 18.4. The first-order chi connectivity index (χ1) is 6.43. The van der Waals surface area contributed by atoms with E-state index < -0.39 is 5.41 Å². The number of carbonyl (C=O) groups excluding carboxylic acids is 1. The van der Waals surface area contributed by atoms with Gasteiger partial charge in [0.15, 0.2) is 0 Å². The Balaban J connectivity index is 2.58. The number of primary amides is 1. The summed E-state index contributed by atoms with van der Waals surface area (Å²) in [4.78, 5) is 13.1. The summed E-state index contributed by atoms with van der Waals surface area (Å²) in [5.41, 5.74) is 4.76. The Bertz CT molecular complexity index is 248. The molecule has 0 radical (unpaired) electrons. The van der Waals surface area contributed by atoms with Crippen LogP contribution in [0.4, 0.5) is 0 Å². The lowest BCUT2D eigenvalue weighted by Gasteiger charge is -2.34. The second-order valence-corrected chi connectivity index (χ2v) is 4.57. The van der Waals surface area contributed by atoms with Crippen molar-refractivity contribution in [1.82, 2.24) is 4.90 Å². The zero-order valence-corrected chi connectivity index (χ0v) is 8.97. The van der Waals surface area contributed by atoms with Gasteiger partial charge in [0, 0.05) is 19.5 Å². The van der Waals surface area contributed by atoms with Crippen molar-refractivity contribution in [3.8, 4) is 0 Å². The molecule has 0 aromatic carbocycles. The average Bonchev–Trinajstić information content (AvgIpc) is 2.08. The SMILES string of the molecule is CC(C)(CN1CCCCC1=N)C(N)=O. The molecule has 0 aromatic heterocycles. The number of nitrogens with one attached hydrogen (secondary N) is 1. The van der Waals surface area contributed by atoms with E-state index in [1.165, 1.54) is 0 Å². The van der Waals surface area contributed by atoms with E-state index in [9.17, 15) is 4.79 Å². The van der Waals surface area contributed by atoms with E-state index in [0.717, 1.165) is 25.8 Å². The number of amides is 1. The molecule has 4 heteroatoms. The number of nitrogens with zero attached hydrogens (tertiary/aromatic N) is 1. The lowest BCUT2D eigenvalue weighted by molar-refractivity contribution is -0.126. The van der Waals surface area contributed by atoms with Crippen LogP contribution in [0.15, 0.2) is 0 Å². The van der Waals surface area contributed by atoms with Crippen LogP contribution < -0.4 is 5.73 Å². The van der Waals surface area contributed by atoms with Crippen LogP contribution in [0, 0.1) is 10.8 Å². The zero-order chi connectivity index (χ0) is 10.8. The van der Waals surface area contributed by atoms with E-state index in [1.807, 2.05) is 18.7 Å². The molecule has 1 amide bonds. The van der Waals surface area contributed by atoms with Crippen molar-refractivity contribution in [3.63, 3.8) is 0 Å². The van der Waals surface area contributed by atoms with Gasteiger partial charge in [-0.25, -0.2) is 0 Å². The minimum atomic E-state index is -0.538. The molecule has 1 saturated heterocycles. The summed E-state index contributed by atoms with van der Waals surface area (Å²) in [5, 5.41) is 7.74. The van der Waals surface area contributed by atoms with Crippen LogP contribution in [0.25, 0.3) is 0 Å². The van der Waals surface area contributed by atoms with E-state index in [2.05, 4.69) is 0 Å². The van der Waals surface area contributed by atoms with Crippen molar-refractivity contribution in [2.75, 3.05) is 13.1 Å². The van der Waals surface area contributed by atoms with Gasteiger partial charge in [-0.05, 0) is 26.7 Å². The summed E-state index contributed by atoms with van der Waals surface area (Å²) >= 11 is 0. The highest BCUT2D eigenvalue weighted by Gasteiger charge is 2.29. The quantitative estimate of drug-likeness (QED) is 0.707. The number of piperidine rings is 1. The molecule has 3 N–H and O–H groups in total. The molecule has 0 unspecified atom stereocenters. The molecule has 0 aromatic rings. The maximum atomic E-state index is 11.1. The molecular formula is C10H19N3O. The lowest BCUT2D eigenvalue weighted by atomic mass is 9.91. The molecular weight excluding hydrogens is 178 g/mol. The molecule has 0 aliphatic carbocycles. The topological polar surface area (TPSA) is 70.2 Å². The van der Waals surface area contributed by atoms with Crippen LogP contribution in [-0.4, -0.2) is 29.7 Å². The molecule has 4 nitrogen and oxygen atoms in total. The van der Waals surface area contributed by atoms with Crippen molar-refractivity contribution in [3.05, 3.63) is 0 Å². The molecule has 1 fully saturated rings. The largest absolute Gasteiger partial charge is 0.369 e. The Labute approximate surface area is 85.0 Å². The average molecular weight is 197 g/mol. The Morgan fingerprint density at radius 1 is 1.57 bits per heavy atom. The van der Waals surface area contributed by atoms with Gasteiger partial charge in [0.05, 0.1) is 11.3 Å². The third-order valence-electron chi connectivity index (χ3n) is 2.73. The van der Waals surface area contributed by atoms with Gasteiger partial charge in [-0.15, -0.1) is 0 Å². The van der Waals surface area contributed by atoms with Crippen LogP contribution in [0.2, 0.25) is 0 Å². The molecule has 0 spiro atoms. The van der Waals surface area contributed by atoms with Crippen LogP contribution in [-0.2, 0) is 4.79 Å². The van der Waals surface area contributed by atoms with Crippen molar-refractivity contribution in [1.29, 1.82) is 5.41 Å². The summed E-state index contributed by atoms with van der Waals surface area (Å²) < 4.78 is 0. The fraction of sp³-hybridized carbons (Fsp3) is 0.800. The summed E-state index contributed by atoms with van der Waals surface area (Å²) in [6.45, 7) is 5.12. The zero-order valence-electron chi connectivity index (χ0n) is 8.97. The first-order valence-electron chi connectivity index (χ1n) is 5.06. The summed E-state index contributed by atoms with van der Waals surface area (Å²) in [5.74, 6) is 0.349. The van der Waals surface area contributed by atoms with Crippen molar-refractivity contribution in [2.24, 2.45) is 11.1 Å². The second-order valence-electron chi connectivity index (χ2n) is 4.57. The van der Waals surface area contributed by atoms with Gasteiger partial charge in [-0.3, -0.25) is 10.2 Å². The fourth-order valence-corrected chi connectivity index (χ4v) is 1.62. The summed E-state index contributed by atoms with van der Waals surface area (Å²) in [6, 6.07) is 0. The molecule has 0 bridgehead atoms. The van der Waals surface area contributed by atoms with Gasteiger partial charge in [0.2, 0.25) is 5.91 Å². The van der Waals surface area contributed by atoms with Crippen LogP contribution >= 0.6 is 0 Å². The minimum absolute atomic E-state index is 0.295. The third kappa shape index (κ3) is 2.47. The number of hydrogen-bond acceptors (Lipinski definition) is 2. The fourth-order valence-electron chi connectivity index (χ4n) is 1.62. The Hall–Kier alpha value is -1.06. The van der Waals surface area contributed by atoms with Gasteiger partial charge in [0.25, 0.3) is 0 Å². The number of nitrogens with two attached hydrogens (primary N) is 1. The Morgan fingerprint density at radius 2 is 2.21 bits per heavy atom. The Kier molecular flexibility index (Phi) is 3.13. The molecule has 1 aliphatic heterocycles. The lowest BCUT2D eigenvalue weighted by Crippen LogP contribution is -2.46. The standard InChI is InChI=1S/C10H19N3O/c1-10(2,9(12)14)7-13-6-4-3-5-8(13)11/h11H,3-7H2,1-2H3,(H2,12,14).